The molecule has 0 amide bonds. The Morgan fingerprint density at radius 1 is 1.50 bits per heavy atom. The van der Waals surface area contributed by atoms with Gasteiger partial charge in [0.05, 0.1) is 16.9 Å². The van der Waals surface area contributed by atoms with E-state index in [4.69, 9.17) is 17.4 Å². The molecule has 5 heteroatoms. The van der Waals surface area contributed by atoms with Gasteiger partial charge >= 0.3 is 0 Å². The molecule has 3 N–H and O–H groups in total. The Hall–Kier alpha value is -0.510. The second kappa shape index (κ2) is 4.33. The number of halogens is 2. The maximum Gasteiger partial charge on any atom is 0.0683 e. The van der Waals surface area contributed by atoms with Crippen molar-refractivity contribution in [3.8, 4) is 0 Å². The fraction of sp³-hybridized carbons (Fsp3) is 0. The van der Waals surface area contributed by atoms with E-state index in [0.717, 1.165) is 0 Å². The number of pyridine rings is 1. The molecule has 0 fully saturated rings. The average molecular weight is 180 g/mol. The summed E-state index contributed by atoms with van der Waals surface area (Å²) in [5.41, 5.74) is 3.13. The lowest BCUT2D eigenvalue weighted by molar-refractivity contribution is 1.27. The molecule has 0 aliphatic rings. The third-order valence-electron chi connectivity index (χ3n) is 0.872. The van der Waals surface area contributed by atoms with Crippen LogP contribution in [0.25, 0.3) is 0 Å². The Morgan fingerprint density at radius 2 is 2.20 bits per heavy atom. The summed E-state index contributed by atoms with van der Waals surface area (Å²) in [5.74, 6) is 5.07. The molecule has 1 heterocycles. The number of nitrogens with two attached hydrogens (primary N) is 1. The van der Waals surface area contributed by atoms with Crippen molar-refractivity contribution in [2.45, 2.75) is 0 Å². The first kappa shape index (κ1) is 9.49. The smallest absolute Gasteiger partial charge is 0.0683 e. The van der Waals surface area contributed by atoms with E-state index < -0.39 is 0 Å². The molecule has 0 aromatic carbocycles. The maximum absolute atomic E-state index is 5.57. The molecule has 0 aliphatic carbocycles. The topological polar surface area (TPSA) is 50.9 Å². The summed E-state index contributed by atoms with van der Waals surface area (Å²) in [4.78, 5) is 3.78. The zero-order chi connectivity index (χ0) is 6.69. The van der Waals surface area contributed by atoms with Gasteiger partial charge in [0.1, 0.15) is 0 Å². The van der Waals surface area contributed by atoms with Crippen LogP contribution in [0.3, 0.4) is 0 Å². The van der Waals surface area contributed by atoms with Crippen LogP contribution in [0.15, 0.2) is 18.5 Å². The van der Waals surface area contributed by atoms with E-state index in [0.29, 0.717) is 10.7 Å². The Balaban J connectivity index is 0.000000810. The predicted octanol–water partition coefficient (Wildman–Crippen LogP) is 1.44. The van der Waals surface area contributed by atoms with Crippen molar-refractivity contribution in [1.82, 2.24) is 4.98 Å². The number of nitrogens with zero attached hydrogens (tertiary/aromatic N) is 1. The molecule has 0 atom stereocenters. The minimum absolute atomic E-state index is 0. The third-order valence-corrected chi connectivity index (χ3v) is 1.08. The van der Waals surface area contributed by atoms with Gasteiger partial charge in [-0.15, -0.1) is 12.4 Å². The first-order valence-corrected chi connectivity index (χ1v) is 2.78. The quantitative estimate of drug-likeness (QED) is 0.507. The van der Waals surface area contributed by atoms with E-state index in [2.05, 4.69) is 10.4 Å². The van der Waals surface area contributed by atoms with Gasteiger partial charge in [0.2, 0.25) is 0 Å². The molecule has 0 aliphatic heterocycles. The zero-order valence-electron chi connectivity index (χ0n) is 5.04. The molecule has 0 spiro atoms. The van der Waals surface area contributed by atoms with E-state index in [1.807, 2.05) is 0 Å². The van der Waals surface area contributed by atoms with Gasteiger partial charge in [-0.05, 0) is 6.07 Å². The van der Waals surface area contributed by atoms with Crippen LogP contribution < -0.4 is 11.3 Å². The number of hydrogen-bond acceptors (Lipinski definition) is 3. The first-order valence-electron chi connectivity index (χ1n) is 2.40. The van der Waals surface area contributed by atoms with Gasteiger partial charge in [0, 0.05) is 6.20 Å². The van der Waals surface area contributed by atoms with Crippen LogP contribution >= 0.6 is 24.0 Å². The van der Waals surface area contributed by atoms with Gasteiger partial charge in [-0.3, -0.25) is 10.8 Å². The van der Waals surface area contributed by atoms with Gasteiger partial charge < -0.3 is 5.43 Å². The van der Waals surface area contributed by atoms with Crippen molar-refractivity contribution < 1.29 is 0 Å². The number of nitrogens with one attached hydrogen (secondary N) is 1. The maximum atomic E-state index is 5.57. The van der Waals surface area contributed by atoms with Crippen LogP contribution in [0.1, 0.15) is 0 Å². The monoisotopic (exact) mass is 179 g/mol. The van der Waals surface area contributed by atoms with E-state index in [-0.39, 0.29) is 12.4 Å². The average Bonchev–Trinajstić information content (AvgIpc) is 1.88. The number of nitrogen functional groups attached to an aromatic ring is 1. The van der Waals surface area contributed by atoms with Gasteiger partial charge in [0.15, 0.2) is 0 Å². The summed E-state index contributed by atoms with van der Waals surface area (Å²) in [6, 6.07) is 1.69. The first-order chi connectivity index (χ1) is 4.33. The normalized spacial score (nSPS) is 8.20. The van der Waals surface area contributed by atoms with Crippen molar-refractivity contribution in [3.05, 3.63) is 23.5 Å². The minimum Gasteiger partial charge on any atom is -0.323 e. The minimum atomic E-state index is 0. The van der Waals surface area contributed by atoms with Crippen LogP contribution in [-0.4, -0.2) is 4.98 Å². The lowest BCUT2D eigenvalue weighted by atomic mass is 10.4. The van der Waals surface area contributed by atoms with Crippen LogP contribution in [0, 0.1) is 0 Å². The van der Waals surface area contributed by atoms with Gasteiger partial charge in [-0.1, -0.05) is 11.6 Å². The molecule has 0 unspecified atom stereocenters. The number of anilines is 1. The molecule has 0 saturated carbocycles. The van der Waals surface area contributed by atoms with Crippen molar-refractivity contribution >= 4 is 29.7 Å². The van der Waals surface area contributed by atoms with Gasteiger partial charge in [0.25, 0.3) is 0 Å². The molecule has 3 nitrogen and oxygen atoms in total. The van der Waals surface area contributed by atoms with Gasteiger partial charge in [-0.25, -0.2) is 0 Å². The predicted molar refractivity (Wildman–Crippen MR) is 44.3 cm³/mol. The molecule has 1 rings (SSSR count). The Bertz CT molecular complexity index is 204. The summed E-state index contributed by atoms with van der Waals surface area (Å²) >= 11 is 5.57. The highest BCUT2D eigenvalue weighted by Crippen LogP contribution is 2.10. The number of hydrogen-bond donors (Lipinski definition) is 2. The van der Waals surface area contributed by atoms with Crippen LogP contribution in [0.2, 0.25) is 5.02 Å². The Kier molecular flexibility index (Phi) is 4.11. The number of hydrazine groups is 1. The summed E-state index contributed by atoms with van der Waals surface area (Å²) < 4.78 is 0. The Morgan fingerprint density at radius 3 is 2.60 bits per heavy atom. The van der Waals surface area contributed by atoms with E-state index in [1.54, 1.807) is 18.5 Å². The highest BCUT2D eigenvalue weighted by molar-refractivity contribution is 6.30. The lowest BCUT2D eigenvalue weighted by Gasteiger charge is -1.96. The van der Waals surface area contributed by atoms with Crippen molar-refractivity contribution in [3.63, 3.8) is 0 Å². The van der Waals surface area contributed by atoms with Crippen molar-refractivity contribution in [1.29, 1.82) is 0 Å². The molecular weight excluding hydrogens is 173 g/mol. The highest BCUT2D eigenvalue weighted by atomic mass is 35.5. The summed E-state index contributed by atoms with van der Waals surface area (Å²) in [6.07, 6.45) is 3.13. The molecule has 1 aromatic heterocycles. The molecule has 56 valence electrons. The van der Waals surface area contributed by atoms with Gasteiger partial charge in [-0.2, -0.15) is 0 Å². The van der Waals surface area contributed by atoms with Crippen LogP contribution in [0.4, 0.5) is 5.69 Å². The van der Waals surface area contributed by atoms with Crippen molar-refractivity contribution in [2.24, 2.45) is 5.84 Å². The summed E-state index contributed by atoms with van der Waals surface area (Å²) in [6.45, 7) is 0. The zero-order valence-corrected chi connectivity index (χ0v) is 6.62. The summed E-state index contributed by atoms with van der Waals surface area (Å²) in [7, 11) is 0. The van der Waals surface area contributed by atoms with Crippen molar-refractivity contribution in [2.75, 3.05) is 5.43 Å². The largest absolute Gasteiger partial charge is 0.323 e. The molecular formula is C5H7Cl2N3. The highest BCUT2D eigenvalue weighted by Gasteiger charge is 1.88. The second-order valence-corrected chi connectivity index (χ2v) is 1.97. The molecule has 1 aromatic rings. The van der Waals surface area contributed by atoms with E-state index in [1.165, 1.54) is 0 Å². The molecule has 0 radical (unpaired) electrons. The third kappa shape index (κ3) is 2.39. The fourth-order valence-electron chi connectivity index (χ4n) is 0.491. The van der Waals surface area contributed by atoms with Crippen LogP contribution in [-0.2, 0) is 0 Å². The lowest BCUT2D eigenvalue weighted by Crippen LogP contribution is -2.06. The molecule has 0 bridgehead atoms. The fourth-order valence-corrected chi connectivity index (χ4v) is 0.665. The Labute approximate surface area is 70.0 Å². The molecule has 0 saturated heterocycles. The second-order valence-electron chi connectivity index (χ2n) is 1.54. The molecule has 10 heavy (non-hydrogen) atoms. The van der Waals surface area contributed by atoms with Crippen LogP contribution in [0.5, 0.6) is 0 Å². The number of aromatic nitrogens is 1. The summed E-state index contributed by atoms with van der Waals surface area (Å²) in [5, 5.41) is 0.574. The SMILES string of the molecule is Cl.NNc1cncc(Cl)c1. The number of rotatable bonds is 1. The van der Waals surface area contributed by atoms with E-state index in [9.17, 15) is 0 Å². The standard InChI is InChI=1S/C5H6ClN3.ClH/c6-4-1-5(9-7)3-8-2-4;/h1-3,9H,7H2;1H. The van der Waals surface area contributed by atoms with E-state index >= 15 is 0 Å².